The van der Waals surface area contributed by atoms with Crippen molar-refractivity contribution in [1.29, 1.82) is 0 Å². The molecule has 2 aromatic rings. The third-order valence-electron chi connectivity index (χ3n) is 5.10. The van der Waals surface area contributed by atoms with Gasteiger partial charge in [0.15, 0.2) is 11.5 Å². The molecule has 4 rings (SSSR count). The van der Waals surface area contributed by atoms with Crippen molar-refractivity contribution >= 4 is 17.5 Å². The van der Waals surface area contributed by atoms with Crippen molar-refractivity contribution < 1.29 is 19.1 Å². The van der Waals surface area contributed by atoms with Crippen molar-refractivity contribution in [2.45, 2.75) is 32.2 Å². The molecule has 28 heavy (non-hydrogen) atoms. The molecule has 0 saturated carbocycles. The van der Waals surface area contributed by atoms with Crippen LogP contribution in [-0.4, -0.2) is 36.5 Å². The van der Waals surface area contributed by atoms with Crippen LogP contribution in [0.4, 0.5) is 5.69 Å². The molecule has 1 fully saturated rings. The maximum absolute atomic E-state index is 13.2. The van der Waals surface area contributed by atoms with Crippen molar-refractivity contribution in [2.75, 3.05) is 25.1 Å². The number of likely N-dealkylation sites (tertiary alicyclic amines) is 1. The summed E-state index contributed by atoms with van der Waals surface area (Å²) in [6.07, 6.45) is 2.73. The highest BCUT2D eigenvalue weighted by Crippen LogP contribution is 2.38. The molecule has 6 heteroatoms. The van der Waals surface area contributed by atoms with Crippen LogP contribution in [0.2, 0.25) is 0 Å². The third-order valence-corrected chi connectivity index (χ3v) is 5.10. The van der Waals surface area contributed by atoms with Gasteiger partial charge >= 0.3 is 0 Å². The number of carbonyl (C=O) groups is 2. The molecule has 2 amide bonds. The first-order valence-corrected chi connectivity index (χ1v) is 9.70. The largest absolute Gasteiger partial charge is 0.490 e. The summed E-state index contributed by atoms with van der Waals surface area (Å²) in [5.74, 6) is 1.33. The minimum absolute atomic E-state index is 0.00840. The predicted molar refractivity (Wildman–Crippen MR) is 106 cm³/mol. The van der Waals surface area contributed by atoms with Gasteiger partial charge in [0.05, 0.1) is 19.3 Å². The lowest BCUT2D eigenvalue weighted by molar-refractivity contribution is -0.114. The van der Waals surface area contributed by atoms with Crippen LogP contribution in [0.15, 0.2) is 42.5 Å². The lowest BCUT2D eigenvalue weighted by Gasteiger charge is -2.26. The van der Waals surface area contributed by atoms with Gasteiger partial charge < -0.3 is 19.7 Å². The number of benzene rings is 2. The van der Waals surface area contributed by atoms with E-state index in [9.17, 15) is 9.59 Å². The van der Waals surface area contributed by atoms with Crippen LogP contribution >= 0.6 is 0 Å². The Balaban J connectivity index is 1.57. The van der Waals surface area contributed by atoms with Crippen molar-refractivity contribution in [3.05, 3.63) is 53.6 Å². The number of anilines is 1. The maximum atomic E-state index is 13.2. The first-order valence-electron chi connectivity index (χ1n) is 9.70. The second-order valence-electron chi connectivity index (χ2n) is 7.18. The monoisotopic (exact) mass is 380 g/mol. The molecule has 1 saturated heterocycles. The number of rotatable bonds is 3. The van der Waals surface area contributed by atoms with Crippen LogP contribution < -0.4 is 14.8 Å². The second kappa shape index (κ2) is 7.92. The number of amides is 2. The van der Waals surface area contributed by atoms with E-state index in [0.717, 1.165) is 36.3 Å². The van der Waals surface area contributed by atoms with E-state index in [4.69, 9.17) is 9.47 Å². The molecular weight excluding hydrogens is 356 g/mol. The molecule has 146 valence electrons. The normalized spacial score (nSPS) is 18.5. The van der Waals surface area contributed by atoms with Gasteiger partial charge in [0.25, 0.3) is 5.91 Å². The number of carbonyl (C=O) groups excluding carboxylic acids is 2. The van der Waals surface area contributed by atoms with Crippen LogP contribution in [0, 0.1) is 0 Å². The van der Waals surface area contributed by atoms with Crippen LogP contribution in [0.1, 0.15) is 48.1 Å². The molecule has 0 spiro atoms. The molecule has 0 radical (unpaired) electrons. The van der Waals surface area contributed by atoms with Crippen molar-refractivity contribution in [3.8, 4) is 11.5 Å². The van der Waals surface area contributed by atoms with E-state index in [1.165, 1.54) is 6.92 Å². The fourth-order valence-electron chi connectivity index (χ4n) is 3.84. The van der Waals surface area contributed by atoms with E-state index < -0.39 is 0 Å². The Morgan fingerprint density at radius 2 is 1.86 bits per heavy atom. The Kier molecular flexibility index (Phi) is 5.19. The molecule has 1 atom stereocenters. The average Bonchev–Trinajstić information content (AvgIpc) is 3.05. The topological polar surface area (TPSA) is 67.9 Å². The molecule has 0 aliphatic carbocycles. The van der Waals surface area contributed by atoms with Gasteiger partial charge in [-0.15, -0.1) is 0 Å². The van der Waals surface area contributed by atoms with Gasteiger partial charge in [-0.25, -0.2) is 0 Å². The van der Waals surface area contributed by atoms with Gasteiger partial charge in [-0.3, -0.25) is 9.59 Å². The van der Waals surface area contributed by atoms with Crippen molar-refractivity contribution in [2.24, 2.45) is 0 Å². The number of hydrogen-bond donors (Lipinski definition) is 1. The average molecular weight is 380 g/mol. The van der Waals surface area contributed by atoms with E-state index in [2.05, 4.69) is 5.32 Å². The van der Waals surface area contributed by atoms with E-state index in [1.54, 1.807) is 24.3 Å². The fraction of sp³-hybridized carbons (Fsp3) is 0.364. The summed E-state index contributed by atoms with van der Waals surface area (Å²) >= 11 is 0. The highest BCUT2D eigenvalue weighted by molar-refractivity contribution is 5.97. The molecule has 0 aromatic heterocycles. The number of nitrogens with one attached hydrogen (secondary N) is 1. The first-order chi connectivity index (χ1) is 13.6. The first kappa shape index (κ1) is 18.3. The minimum atomic E-state index is -0.157. The number of hydrogen-bond acceptors (Lipinski definition) is 4. The van der Waals surface area contributed by atoms with E-state index in [1.807, 2.05) is 23.1 Å². The molecule has 2 aliphatic rings. The van der Waals surface area contributed by atoms with Gasteiger partial charge in [-0.2, -0.15) is 0 Å². The quantitative estimate of drug-likeness (QED) is 0.880. The minimum Gasteiger partial charge on any atom is -0.490 e. The van der Waals surface area contributed by atoms with Gasteiger partial charge in [0.2, 0.25) is 5.91 Å². The number of fused-ring (bicyclic) bond motifs is 1. The molecule has 6 nitrogen and oxygen atoms in total. The molecule has 1 N–H and O–H groups in total. The SMILES string of the molecule is CC(=O)Nc1cccc(C(=O)N2CCC[C@H]2c2ccc3c(c2)OCCCO3)c1. The highest BCUT2D eigenvalue weighted by atomic mass is 16.5. The Bertz CT molecular complexity index is 896. The van der Waals surface area contributed by atoms with Crippen LogP contribution in [0.5, 0.6) is 11.5 Å². The zero-order valence-electron chi connectivity index (χ0n) is 15.9. The number of ether oxygens (including phenoxy) is 2. The molecule has 2 aliphatic heterocycles. The Morgan fingerprint density at radius 3 is 2.68 bits per heavy atom. The van der Waals surface area contributed by atoms with Gasteiger partial charge in [0.1, 0.15) is 0 Å². The zero-order valence-corrected chi connectivity index (χ0v) is 15.9. The third kappa shape index (κ3) is 3.81. The summed E-state index contributed by atoms with van der Waals surface area (Å²) in [5, 5.41) is 2.73. The number of nitrogens with zero attached hydrogens (tertiary/aromatic N) is 1. The second-order valence-corrected chi connectivity index (χ2v) is 7.18. The Morgan fingerprint density at radius 1 is 1.04 bits per heavy atom. The summed E-state index contributed by atoms with van der Waals surface area (Å²) in [5.41, 5.74) is 2.27. The summed E-state index contributed by atoms with van der Waals surface area (Å²) in [7, 11) is 0. The standard InChI is InChI=1S/C22H24N2O4/c1-15(25)23-18-6-2-5-17(13-18)22(26)24-10-3-7-19(24)16-8-9-20-21(14-16)28-12-4-11-27-20/h2,5-6,8-9,13-14,19H,3-4,7,10-12H2,1H3,(H,23,25)/t19-/m0/s1. The maximum Gasteiger partial charge on any atom is 0.254 e. The Labute approximate surface area is 164 Å². The van der Waals surface area contributed by atoms with Gasteiger partial charge in [-0.1, -0.05) is 12.1 Å². The van der Waals surface area contributed by atoms with E-state index >= 15 is 0 Å². The lowest BCUT2D eigenvalue weighted by atomic mass is 10.0. The molecule has 2 heterocycles. The van der Waals surface area contributed by atoms with Crippen LogP contribution in [0.3, 0.4) is 0 Å². The predicted octanol–water partition coefficient (Wildman–Crippen LogP) is 3.78. The summed E-state index contributed by atoms with van der Waals surface area (Å²) in [6.45, 7) is 3.46. The zero-order chi connectivity index (χ0) is 19.5. The highest BCUT2D eigenvalue weighted by Gasteiger charge is 2.31. The van der Waals surface area contributed by atoms with Crippen LogP contribution in [-0.2, 0) is 4.79 Å². The van der Waals surface area contributed by atoms with E-state index in [0.29, 0.717) is 31.0 Å². The van der Waals surface area contributed by atoms with Crippen LogP contribution in [0.25, 0.3) is 0 Å². The van der Waals surface area contributed by atoms with Gasteiger partial charge in [0, 0.05) is 31.1 Å². The Hall–Kier alpha value is -3.02. The molecule has 2 aromatic carbocycles. The summed E-state index contributed by atoms with van der Waals surface area (Å²) in [4.78, 5) is 26.4. The van der Waals surface area contributed by atoms with Crippen molar-refractivity contribution in [1.82, 2.24) is 4.90 Å². The van der Waals surface area contributed by atoms with E-state index in [-0.39, 0.29) is 17.9 Å². The summed E-state index contributed by atoms with van der Waals surface area (Å²) in [6, 6.07) is 13.1. The molecule has 0 bridgehead atoms. The lowest BCUT2D eigenvalue weighted by Crippen LogP contribution is -2.30. The molecular formula is C22H24N2O4. The smallest absolute Gasteiger partial charge is 0.254 e. The summed E-state index contributed by atoms with van der Waals surface area (Å²) < 4.78 is 11.5. The van der Waals surface area contributed by atoms with Crippen molar-refractivity contribution in [3.63, 3.8) is 0 Å². The van der Waals surface area contributed by atoms with Gasteiger partial charge in [-0.05, 0) is 48.7 Å². The fourth-order valence-corrected chi connectivity index (χ4v) is 3.84. The molecule has 0 unspecified atom stereocenters.